The van der Waals surface area contributed by atoms with E-state index >= 15 is 0 Å². The zero-order valence-electron chi connectivity index (χ0n) is 19.8. The van der Waals surface area contributed by atoms with Gasteiger partial charge in [-0.1, -0.05) is 0 Å². The zero-order valence-corrected chi connectivity index (χ0v) is 20.6. The fourth-order valence-electron chi connectivity index (χ4n) is 4.45. The highest BCUT2D eigenvalue weighted by atomic mass is 32.2. The summed E-state index contributed by atoms with van der Waals surface area (Å²) in [5, 5.41) is 9.31. The Bertz CT molecular complexity index is 1020. The minimum absolute atomic E-state index is 0.00601. The fourth-order valence-corrected chi connectivity index (χ4v) is 6.62. The highest BCUT2D eigenvalue weighted by molar-refractivity contribution is 7.91. The lowest BCUT2D eigenvalue weighted by Gasteiger charge is -2.43. The zero-order chi connectivity index (χ0) is 26.6. The van der Waals surface area contributed by atoms with Crippen LogP contribution in [0.4, 0.5) is 13.2 Å². The van der Waals surface area contributed by atoms with E-state index in [1.54, 1.807) is 6.92 Å². The van der Waals surface area contributed by atoms with Crippen LogP contribution in [-0.2, 0) is 30.5 Å². The van der Waals surface area contributed by atoms with Crippen LogP contribution >= 0.6 is 0 Å². The Morgan fingerprint density at radius 3 is 2.19 bits per heavy atom. The number of halogens is 3. The normalized spacial score (nSPS) is 19.6. The van der Waals surface area contributed by atoms with Crippen molar-refractivity contribution in [2.45, 2.75) is 49.6 Å². The first-order valence-corrected chi connectivity index (χ1v) is 13.0. The third kappa shape index (κ3) is 5.93. The van der Waals surface area contributed by atoms with Crippen molar-refractivity contribution in [3.05, 3.63) is 29.8 Å². The van der Waals surface area contributed by atoms with E-state index in [0.717, 1.165) is 12.1 Å². The lowest BCUT2D eigenvalue weighted by molar-refractivity contribution is -0.140. The molecule has 2 aliphatic rings. The summed E-state index contributed by atoms with van der Waals surface area (Å²) >= 11 is 0. The summed E-state index contributed by atoms with van der Waals surface area (Å²) in [5.41, 5.74) is 0.681. The maximum Gasteiger partial charge on any atom is 0.416 e. The number of carbonyl (C=O) groups is 2. The Balaban J connectivity index is 1.64. The molecule has 0 atom stereocenters. The van der Waals surface area contributed by atoms with Crippen LogP contribution in [0.15, 0.2) is 24.3 Å². The summed E-state index contributed by atoms with van der Waals surface area (Å²) in [7, 11) is -4.23. The molecule has 3 rings (SSSR count). The molecule has 10 nitrogen and oxygen atoms in total. The molecule has 1 aromatic carbocycles. The Morgan fingerprint density at radius 2 is 1.69 bits per heavy atom. The molecule has 0 aromatic heterocycles. The second kappa shape index (κ2) is 11.3. The molecule has 0 unspecified atom stereocenters. The summed E-state index contributed by atoms with van der Waals surface area (Å²) in [6.45, 7) is 2.02. The molecule has 0 saturated carbocycles. The molecule has 0 aliphatic carbocycles. The molecule has 36 heavy (non-hydrogen) atoms. The van der Waals surface area contributed by atoms with Crippen molar-refractivity contribution in [3.63, 3.8) is 0 Å². The molecule has 202 valence electrons. The molecular formula is C22H30F3N3O7S. The van der Waals surface area contributed by atoms with Crippen molar-refractivity contribution in [2.75, 3.05) is 39.4 Å². The molecule has 0 radical (unpaired) electrons. The van der Waals surface area contributed by atoms with Gasteiger partial charge in [0.25, 0.3) is 5.91 Å². The number of nitrogens with one attached hydrogen (secondary N) is 1. The summed E-state index contributed by atoms with van der Waals surface area (Å²) < 4.78 is 75.5. The number of nitrogens with zero attached hydrogens (tertiary/aromatic N) is 2. The van der Waals surface area contributed by atoms with E-state index in [2.05, 4.69) is 0 Å². The van der Waals surface area contributed by atoms with Crippen molar-refractivity contribution in [1.29, 1.82) is 0 Å². The van der Waals surface area contributed by atoms with Crippen molar-refractivity contribution >= 4 is 21.8 Å². The van der Waals surface area contributed by atoms with Gasteiger partial charge in [0.15, 0.2) is 4.75 Å². The second-order valence-corrected chi connectivity index (χ2v) is 10.9. The number of hydrogen-bond acceptors (Lipinski definition) is 7. The number of benzene rings is 1. The van der Waals surface area contributed by atoms with Gasteiger partial charge in [-0.05, 0) is 56.9 Å². The Labute approximate surface area is 207 Å². The Kier molecular flexibility index (Phi) is 8.85. The van der Waals surface area contributed by atoms with Crippen molar-refractivity contribution < 1.29 is 45.9 Å². The van der Waals surface area contributed by atoms with Gasteiger partial charge in [0.2, 0.25) is 15.9 Å². The highest BCUT2D eigenvalue weighted by Crippen LogP contribution is 2.36. The number of ether oxygens (including phenoxy) is 2. The van der Waals surface area contributed by atoms with Crippen molar-refractivity contribution in [2.24, 2.45) is 0 Å². The number of hydroxylamine groups is 1. The van der Waals surface area contributed by atoms with Crippen LogP contribution in [0.5, 0.6) is 5.75 Å². The Morgan fingerprint density at radius 1 is 1.11 bits per heavy atom. The summed E-state index contributed by atoms with van der Waals surface area (Å²) in [6, 6.07) is 4.26. The average molecular weight is 538 g/mol. The van der Waals surface area contributed by atoms with Crippen LogP contribution in [0, 0.1) is 0 Å². The quantitative estimate of drug-likeness (QED) is 0.383. The van der Waals surface area contributed by atoms with E-state index in [4.69, 9.17) is 9.47 Å². The van der Waals surface area contributed by atoms with Gasteiger partial charge in [-0.25, -0.2) is 18.2 Å². The summed E-state index contributed by atoms with van der Waals surface area (Å²) in [5.74, 6) is -1.12. The molecule has 14 heteroatoms. The molecule has 2 amide bonds. The van der Waals surface area contributed by atoms with Crippen molar-refractivity contribution in [1.82, 2.24) is 14.7 Å². The van der Waals surface area contributed by atoms with E-state index in [1.165, 1.54) is 26.8 Å². The third-order valence-corrected chi connectivity index (χ3v) is 9.21. The number of piperidine rings is 2. The average Bonchev–Trinajstić information content (AvgIpc) is 2.86. The molecule has 1 aromatic rings. The van der Waals surface area contributed by atoms with Gasteiger partial charge in [-0.15, -0.1) is 0 Å². The van der Waals surface area contributed by atoms with Gasteiger partial charge in [0.05, 0.1) is 5.56 Å². The predicted octanol–water partition coefficient (Wildman–Crippen LogP) is 1.78. The Hall–Kier alpha value is -2.42. The van der Waals surface area contributed by atoms with Crippen LogP contribution in [0.2, 0.25) is 0 Å². The summed E-state index contributed by atoms with van der Waals surface area (Å²) in [6.07, 6.45) is -4.74. The minimum Gasteiger partial charge on any atom is -0.490 e. The van der Waals surface area contributed by atoms with Gasteiger partial charge in [0.1, 0.15) is 18.5 Å². The van der Waals surface area contributed by atoms with Gasteiger partial charge in [-0.2, -0.15) is 13.2 Å². The molecule has 0 spiro atoms. The van der Waals surface area contributed by atoms with E-state index in [-0.39, 0.29) is 70.1 Å². The number of alkyl halides is 3. The number of rotatable bonds is 8. The number of carbonyl (C=O) groups excluding carboxylic acids is 2. The van der Waals surface area contributed by atoms with Crippen LogP contribution < -0.4 is 10.2 Å². The maximum atomic E-state index is 13.6. The molecular weight excluding hydrogens is 507 g/mol. The first kappa shape index (κ1) is 28.2. The maximum absolute atomic E-state index is 13.6. The van der Waals surface area contributed by atoms with Crippen LogP contribution in [0.25, 0.3) is 0 Å². The molecule has 2 aliphatic heterocycles. The van der Waals surface area contributed by atoms with Gasteiger partial charge in [-0.3, -0.25) is 14.8 Å². The standard InChI is InChI=1S/C22H30F3N3O7S/c1-2-34-15-19(29)27-13-9-21(10-14-27,20(30)26-31)36(32,33)28-11-7-18(8-12-28)35-17-5-3-16(4-6-17)22(23,24)25/h3-6,18,31H,2,7-15H2,1H3,(H,26,30). The number of hydrogen-bond donors (Lipinski definition) is 2. The third-order valence-electron chi connectivity index (χ3n) is 6.59. The lowest BCUT2D eigenvalue weighted by Crippen LogP contribution is -2.63. The van der Waals surface area contributed by atoms with Gasteiger partial charge < -0.3 is 14.4 Å². The lowest BCUT2D eigenvalue weighted by atomic mass is 9.95. The van der Waals surface area contributed by atoms with Gasteiger partial charge in [0, 0.05) is 32.8 Å². The molecule has 2 saturated heterocycles. The highest BCUT2D eigenvalue weighted by Gasteiger charge is 2.55. The second-order valence-electron chi connectivity index (χ2n) is 8.70. The largest absolute Gasteiger partial charge is 0.490 e. The molecule has 0 bridgehead atoms. The number of amides is 2. The molecule has 2 fully saturated rings. The van der Waals surface area contributed by atoms with Crippen LogP contribution in [-0.4, -0.2) is 84.9 Å². The number of sulfonamides is 1. The molecule has 2 heterocycles. The van der Waals surface area contributed by atoms with E-state index in [0.29, 0.717) is 6.61 Å². The monoisotopic (exact) mass is 537 g/mol. The number of likely N-dealkylation sites (tertiary alicyclic amines) is 1. The van der Waals surface area contributed by atoms with E-state index < -0.39 is 38.5 Å². The van der Waals surface area contributed by atoms with Crippen molar-refractivity contribution in [3.8, 4) is 5.75 Å². The first-order chi connectivity index (χ1) is 16.9. The SMILES string of the molecule is CCOCC(=O)N1CCC(C(=O)NO)(S(=O)(=O)N2CCC(Oc3ccc(C(F)(F)F)cc3)CC2)CC1. The minimum atomic E-state index is -4.46. The topological polar surface area (TPSA) is 125 Å². The fraction of sp³-hybridized carbons (Fsp3) is 0.636. The first-order valence-electron chi connectivity index (χ1n) is 11.6. The van der Waals surface area contributed by atoms with E-state index in [9.17, 15) is 36.4 Å². The summed E-state index contributed by atoms with van der Waals surface area (Å²) in [4.78, 5) is 26.3. The van der Waals surface area contributed by atoms with Gasteiger partial charge >= 0.3 is 6.18 Å². The van der Waals surface area contributed by atoms with Crippen LogP contribution in [0.1, 0.15) is 38.2 Å². The smallest absolute Gasteiger partial charge is 0.416 e. The van der Waals surface area contributed by atoms with E-state index in [1.807, 2.05) is 0 Å². The molecule has 2 N–H and O–H groups in total. The van der Waals surface area contributed by atoms with Crippen LogP contribution in [0.3, 0.4) is 0 Å². The predicted molar refractivity (Wildman–Crippen MR) is 121 cm³/mol.